The van der Waals surface area contributed by atoms with Gasteiger partial charge in [-0.15, -0.1) is 0 Å². The van der Waals surface area contributed by atoms with Gasteiger partial charge in [0, 0.05) is 17.2 Å². The smallest absolute Gasteiger partial charge is 0.167 e. The van der Waals surface area contributed by atoms with Crippen LogP contribution in [0.5, 0.6) is 5.75 Å². The van der Waals surface area contributed by atoms with Crippen molar-refractivity contribution in [2.24, 2.45) is 5.92 Å². The second kappa shape index (κ2) is 12.5. The number of aliphatic hydroxyl groups is 1. The van der Waals surface area contributed by atoms with Gasteiger partial charge in [0.15, 0.2) is 11.6 Å². The summed E-state index contributed by atoms with van der Waals surface area (Å²) in [5, 5.41) is 10.1. The lowest BCUT2D eigenvalue weighted by molar-refractivity contribution is 0.166. The SMILES string of the molecule is CCCC(O)c1ccc(-c2ccc(/C=C/C3CCC(c4ccc(OCC)cc4F)CC3)c(F)c2F)cc1. The number of hydrogen-bond acceptors (Lipinski definition) is 2. The molecule has 1 unspecified atom stereocenters. The maximum atomic E-state index is 14.9. The van der Waals surface area contributed by atoms with Crippen molar-refractivity contribution in [3.05, 3.63) is 94.8 Å². The Morgan fingerprint density at radius 3 is 2.30 bits per heavy atom. The molecule has 5 heteroatoms. The molecular formula is C32H35F3O2. The van der Waals surface area contributed by atoms with Gasteiger partial charge in [0.1, 0.15) is 11.6 Å². The predicted molar refractivity (Wildman–Crippen MR) is 143 cm³/mol. The summed E-state index contributed by atoms with van der Waals surface area (Å²) < 4.78 is 49.8. The molecule has 1 N–H and O–H groups in total. The number of rotatable bonds is 9. The fraction of sp³-hybridized carbons (Fsp3) is 0.375. The number of benzene rings is 3. The molecule has 0 spiro atoms. The lowest BCUT2D eigenvalue weighted by Crippen LogP contribution is -2.13. The summed E-state index contributed by atoms with van der Waals surface area (Å²) in [6, 6.07) is 15.2. The zero-order valence-electron chi connectivity index (χ0n) is 21.5. The summed E-state index contributed by atoms with van der Waals surface area (Å²) in [5.74, 6) is -1.03. The van der Waals surface area contributed by atoms with Crippen molar-refractivity contribution < 1.29 is 23.0 Å². The first-order valence-corrected chi connectivity index (χ1v) is 13.3. The lowest BCUT2D eigenvalue weighted by Gasteiger charge is -2.27. The first-order chi connectivity index (χ1) is 17.9. The van der Waals surface area contributed by atoms with Crippen LogP contribution in [0.1, 0.15) is 81.1 Å². The van der Waals surface area contributed by atoms with E-state index in [0.29, 0.717) is 24.3 Å². The zero-order valence-corrected chi connectivity index (χ0v) is 21.5. The molecule has 0 heterocycles. The Bertz CT molecular complexity index is 1210. The quantitative estimate of drug-likeness (QED) is 0.312. The van der Waals surface area contributed by atoms with Gasteiger partial charge in [0.2, 0.25) is 0 Å². The fourth-order valence-electron chi connectivity index (χ4n) is 5.20. The van der Waals surface area contributed by atoms with Crippen LogP contribution in [-0.4, -0.2) is 11.7 Å². The summed E-state index contributed by atoms with van der Waals surface area (Å²) in [7, 11) is 0. The largest absolute Gasteiger partial charge is 0.494 e. The van der Waals surface area contributed by atoms with Crippen LogP contribution in [-0.2, 0) is 0 Å². The molecule has 1 aliphatic rings. The van der Waals surface area contributed by atoms with Gasteiger partial charge >= 0.3 is 0 Å². The van der Waals surface area contributed by atoms with Crippen LogP contribution < -0.4 is 4.74 Å². The lowest BCUT2D eigenvalue weighted by atomic mass is 9.78. The highest BCUT2D eigenvalue weighted by molar-refractivity contribution is 5.67. The molecular weight excluding hydrogens is 473 g/mol. The van der Waals surface area contributed by atoms with E-state index in [0.717, 1.165) is 43.2 Å². The van der Waals surface area contributed by atoms with E-state index in [4.69, 9.17) is 4.74 Å². The molecule has 0 bridgehead atoms. The molecule has 0 radical (unpaired) electrons. The van der Waals surface area contributed by atoms with E-state index in [9.17, 15) is 18.3 Å². The first-order valence-electron chi connectivity index (χ1n) is 13.3. The third-order valence-corrected chi connectivity index (χ3v) is 7.32. The predicted octanol–water partition coefficient (Wildman–Crippen LogP) is 8.99. The highest BCUT2D eigenvalue weighted by Gasteiger charge is 2.24. The maximum Gasteiger partial charge on any atom is 0.167 e. The zero-order chi connectivity index (χ0) is 26.4. The van der Waals surface area contributed by atoms with E-state index in [1.54, 1.807) is 42.5 Å². The number of allylic oxidation sites excluding steroid dienone is 1. The molecule has 0 amide bonds. The topological polar surface area (TPSA) is 29.5 Å². The summed E-state index contributed by atoms with van der Waals surface area (Å²) in [5.41, 5.74) is 2.48. The molecule has 2 nitrogen and oxygen atoms in total. The monoisotopic (exact) mass is 508 g/mol. The highest BCUT2D eigenvalue weighted by atomic mass is 19.2. The average molecular weight is 509 g/mol. The van der Waals surface area contributed by atoms with Gasteiger partial charge in [0.05, 0.1) is 12.7 Å². The molecule has 1 saturated carbocycles. The Labute approximate surface area is 217 Å². The normalized spacial score (nSPS) is 18.8. The minimum Gasteiger partial charge on any atom is -0.494 e. The number of aliphatic hydroxyl groups excluding tert-OH is 1. The van der Waals surface area contributed by atoms with Crippen LogP contribution in [0.3, 0.4) is 0 Å². The molecule has 3 aromatic rings. The minimum atomic E-state index is -0.876. The molecule has 0 saturated heterocycles. The van der Waals surface area contributed by atoms with Crippen molar-refractivity contribution in [2.45, 2.75) is 64.4 Å². The first kappa shape index (κ1) is 27.0. The highest BCUT2D eigenvalue weighted by Crippen LogP contribution is 2.38. The molecule has 1 atom stereocenters. The van der Waals surface area contributed by atoms with E-state index < -0.39 is 17.7 Å². The van der Waals surface area contributed by atoms with Gasteiger partial charge < -0.3 is 9.84 Å². The van der Waals surface area contributed by atoms with Crippen molar-refractivity contribution in [1.29, 1.82) is 0 Å². The van der Waals surface area contributed by atoms with Crippen molar-refractivity contribution in [1.82, 2.24) is 0 Å². The third-order valence-electron chi connectivity index (χ3n) is 7.32. The van der Waals surface area contributed by atoms with Crippen LogP contribution in [0, 0.1) is 23.4 Å². The van der Waals surface area contributed by atoms with E-state index >= 15 is 0 Å². The van der Waals surface area contributed by atoms with Gasteiger partial charge in [-0.3, -0.25) is 0 Å². The van der Waals surface area contributed by atoms with Crippen LogP contribution >= 0.6 is 0 Å². The molecule has 1 aliphatic carbocycles. The summed E-state index contributed by atoms with van der Waals surface area (Å²) in [6.07, 6.45) is 8.00. The van der Waals surface area contributed by atoms with Crippen molar-refractivity contribution in [3.8, 4) is 16.9 Å². The molecule has 0 aromatic heterocycles. The van der Waals surface area contributed by atoms with Gasteiger partial charge in [-0.2, -0.15) is 0 Å². The standard InChI is InChI=1S/C32H35F3O2/c1-3-5-30(36)24-14-12-23(13-15-24)28-18-16-25(31(34)32(28)35)11-8-21-6-9-22(10-7-21)27-19-17-26(37-4-2)20-29(27)33/h8,11-22,30,36H,3-7,9-10H2,1-2H3/b11-8+. The molecule has 3 aromatic carbocycles. The Balaban J connectivity index is 1.39. The van der Waals surface area contributed by atoms with Gasteiger partial charge in [-0.05, 0) is 73.6 Å². The van der Waals surface area contributed by atoms with Crippen LogP contribution in [0.25, 0.3) is 17.2 Å². The van der Waals surface area contributed by atoms with Crippen molar-refractivity contribution in [2.75, 3.05) is 6.61 Å². The Morgan fingerprint density at radius 2 is 1.65 bits per heavy atom. The second-order valence-corrected chi connectivity index (χ2v) is 9.84. The Hall–Kier alpha value is -3.05. The summed E-state index contributed by atoms with van der Waals surface area (Å²) in [6.45, 7) is 4.37. The van der Waals surface area contributed by atoms with E-state index in [1.165, 1.54) is 6.07 Å². The molecule has 196 valence electrons. The van der Waals surface area contributed by atoms with Crippen molar-refractivity contribution in [3.63, 3.8) is 0 Å². The molecule has 0 aliphatic heterocycles. The van der Waals surface area contributed by atoms with Crippen LogP contribution in [0.4, 0.5) is 13.2 Å². The van der Waals surface area contributed by atoms with E-state index in [-0.39, 0.29) is 28.8 Å². The maximum absolute atomic E-state index is 14.9. The average Bonchev–Trinajstić information content (AvgIpc) is 2.90. The summed E-state index contributed by atoms with van der Waals surface area (Å²) >= 11 is 0. The van der Waals surface area contributed by atoms with Gasteiger partial charge in [-0.1, -0.05) is 68.0 Å². The number of ether oxygens (including phenoxy) is 1. The van der Waals surface area contributed by atoms with Gasteiger partial charge in [-0.25, -0.2) is 13.2 Å². The molecule has 1 fully saturated rings. The minimum absolute atomic E-state index is 0.156. The molecule has 37 heavy (non-hydrogen) atoms. The molecule has 4 rings (SSSR count). The fourth-order valence-corrected chi connectivity index (χ4v) is 5.20. The van der Waals surface area contributed by atoms with E-state index in [1.807, 2.05) is 32.1 Å². The van der Waals surface area contributed by atoms with Crippen LogP contribution in [0.2, 0.25) is 0 Å². The number of halogens is 3. The Morgan fingerprint density at radius 1 is 0.919 bits per heavy atom. The second-order valence-electron chi connectivity index (χ2n) is 9.84. The number of hydrogen-bond donors (Lipinski definition) is 1. The van der Waals surface area contributed by atoms with Gasteiger partial charge in [0.25, 0.3) is 0 Å². The summed E-state index contributed by atoms with van der Waals surface area (Å²) in [4.78, 5) is 0. The third kappa shape index (κ3) is 6.45. The Kier molecular flexibility index (Phi) is 9.09. The van der Waals surface area contributed by atoms with Crippen LogP contribution in [0.15, 0.2) is 60.7 Å². The van der Waals surface area contributed by atoms with E-state index in [2.05, 4.69) is 0 Å². The van der Waals surface area contributed by atoms with Crippen molar-refractivity contribution >= 4 is 6.08 Å².